The fourth-order valence-corrected chi connectivity index (χ4v) is 4.35. The predicted molar refractivity (Wildman–Crippen MR) is 96.0 cm³/mol. The minimum absolute atomic E-state index is 0.0862. The summed E-state index contributed by atoms with van der Waals surface area (Å²) in [6.07, 6.45) is 4.29. The highest BCUT2D eigenvalue weighted by molar-refractivity contribution is 7.89. The number of carbonyl (C=O) groups is 1. The van der Waals surface area contributed by atoms with Gasteiger partial charge in [0.15, 0.2) is 0 Å². The second-order valence-electron chi connectivity index (χ2n) is 6.00. The number of anilines is 1. The van der Waals surface area contributed by atoms with E-state index in [0.29, 0.717) is 10.7 Å². The maximum atomic E-state index is 12.8. The lowest BCUT2D eigenvalue weighted by atomic mass is 10.2. The van der Waals surface area contributed by atoms with Crippen molar-refractivity contribution in [1.82, 2.24) is 9.29 Å². The van der Waals surface area contributed by atoms with Gasteiger partial charge in [-0.3, -0.25) is 9.78 Å². The number of nitrogens with zero attached hydrogens (tertiary/aromatic N) is 2. The topological polar surface area (TPSA) is 79.4 Å². The van der Waals surface area contributed by atoms with Crippen LogP contribution in [-0.4, -0.2) is 36.2 Å². The van der Waals surface area contributed by atoms with Gasteiger partial charge in [0.2, 0.25) is 15.9 Å². The number of carbonyl (C=O) groups excluding carboxylic acids is 1. The maximum Gasteiger partial charge on any atom is 0.245 e. The van der Waals surface area contributed by atoms with Crippen molar-refractivity contribution in [2.75, 3.05) is 11.9 Å². The normalized spacial score (nSPS) is 14.5. The smallest absolute Gasteiger partial charge is 0.245 e. The van der Waals surface area contributed by atoms with E-state index in [9.17, 15) is 13.2 Å². The van der Waals surface area contributed by atoms with Gasteiger partial charge in [0.05, 0.1) is 17.3 Å². The molecule has 3 rings (SSSR count). The molecule has 1 saturated carbocycles. The molecule has 8 heteroatoms. The molecule has 2 aromatic rings. The van der Waals surface area contributed by atoms with Gasteiger partial charge < -0.3 is 5.32 Å². The Bertz CT molecular complexity index is 883. The summed E-state index contributed by atoms with van der Waals surface area (Å²) in [5, 5.41) is 3.10. The van der Waals surface area contributed by atoms with Crippen LogP contribution in [0.15, 0.2) is 47.6 Å². The minimum Gasteiger partial charge on any atom is -0.324 e. The van der Waals surface area contributed by atoms with Crippen LogP contribution in [-0.2, 0) is 14.8 Å². The van der Waals surface area contributed by atoms with Crippen molar-refractivity contribution in [3.63, 3.8) is 0 Å². The van der Waals surface area contributed by atoms with Gasteiger partial charge in [0, 0.05) is 18.4 Å². The third-order valence-electron chi connectivity index (χ3n) is 3.89. The van der Waals surface area contributed by atoms with Gasteiger partial charge in [0.25, 0.3) is 0 Å². The highest BCUT2D eigenvalue weighted by Crippen LogP contribution is 2.32. The summed E-state index contributed by atoms with van der Waals surface area (Å²) in [7, 11) is -3.77. The van der Waals surface area contributed by atoms with E-state index in [1.807, 2.05) is 13.0 Å². The first-order valence-electron chi connectivity index (χ1n) is 7.86. The lowest BCUT2D eigenvalue weighted by molar-refractivity contribution is -0.116. The lowest BCUT2D eigenvalue weighted by Crippen LogP contribution is -2.39. The molecule has 132 valence electrons. The van der Waals surface area contributed by atoms with Crippen LogP contribution in [0.5, 0.6) is 0 Å². The standard InChI is InChI=1S/C17H18ClN3O3S/c1-12-4-7-16(15(18)9-12)20-17(22)11-21(13-5-6-13)25(23,24)14-3-2-8-19-10-14/h2-4,7-10,13H,5-6,11H2,1H3,(H,20,22). The Hall–Kier alpha value is -1.96. The minimum atomic E-state index is -3.77. The maximum absolute atomic E-state index is 12.8. The lowest BCUT2D eigenvalue weighted by Gasteiger charge is -2.21. The highest BCUT2D eigenvalue weighted by atomic mass is 35.5. The summed E-state index contributed by atoms with van der Waals surface area (Å²) in [5.74, 6) is -0.426. The Labute approximate surface area is 151 Å². The first-order valence-corrected chi connectivity index (χ1v) is 9.67. The first kappa shape index (κ1) is 17.8. The molecule has 6 nitrogen and oxygen atoms in total. The molecule has 1 aliphatic carbocycles. The number of pyridine rings is 1. The van der Waals surface area contributed by atoms with E-state index in [1.165, 1.54) is 22.8 Å². The first-order chi connectivity index (χ1) is 11.9. The van der Waals surface area contributed by atoms with Gasteiger partial charge in [-0.05, 0) is 49.6 Å². The molecule has 1 aromatic carbocycles. The van der Waals surface area contributed by atoms with Crippen molar-refractivity contribution in [3.8, 4) is 0 Å². The Morgan fingerprint density at radius 2 is 2.12 bits per heavy atom. The zero-order chi connectivity index (χ0) is 18.0. The van der Waals surface area contributed by atoms with E-state index < -0.39 is 15.9 Å². The third kappa shape index (κ3) is 4.18. The molecule has 0 spiro atoms. The largest absolute Gasteiger partial charge is 0.324 e. The second-order valence-corrected chi connectivity index (χ2v) is 8.30. The van der Waals surface area contributed by atoms with Gasteiger partial charge in [-0.1, -0.05) is 17.7 Å². The van der Waals surface area contributed by atoms with Crippen LogP contribution in [0.2, 0.25) is 5.02 Å². The number of benzene rings is 1. The number of nitrogens with one attached hydrogen (secondary N) is 1. The SMILES string of the molecule is Cc1ccc(NC(=O)CN(C2CC2)S(=O)(=O)c2cccnc2)c(Cl)c1. The van der Waals surface area contributed by atoms with Gasteiger partial charge in [0.1, 0.15) is 4.90 Å². The zero-order valence-electron chi connectivity index (χ0n) is 13.6. The van der Waals surface area contributed by atoms with E-state index in [-0.39, 0.29) is 17.5 Å². The molecule has 0 bridgehead atoms. The van der Waals surface area contributed by atoms with Crippen LogP contribution < -0.4 is 5.32 Å². The number of rotatable bonds is 6. The van der Waals surface area contributed by atoms with Gasteiger partial charge in [-0.2, -0.15) is 4.31 Å². The summed E-state index contributed by atoms with van der Waals surface area (Å²) < 4.78 is 26.8. The molecule has 1 aromatic heterocycles. The van der Waals surface area contributed by atoms with Crippen LogP contribution >= 0.6 is 11.6 Å². The predicted octanol–water partition coefficient (Wildman–Crippen LogP) is 2.84. The molecule has 0 atom stereocenters. The highest BCUT2D eigenvalue weighted by Gasteiger charge is 2.39. The number of hydrogen-bond donors (Lipinski definition) is 1. The van der Waals surface area contributed by atoms with Crippen molar-refractivity contribution in [2.24, 2.45) is 0 Å². The Morgan fingerprint density at radius 3 is 2.72 bits per heavy atom. The van der Waals surface area contributed by atoms with Crippen LogP contribution in [0.1, 0.15) is 18.4 Å². The third-order valence-corrected chi connectivity index (χ3v) is 6.09. The summed E-state index contributed by atoms with van der Waals surface area (Å²) in [6, 6.07) is 8.15. The Morgan fingerprint density at radius 1 is 1.36 bits per heavy atom. The molecule has 0 unspecified atom stereocenters. The Kier molecular flexibility index (Phi) is 5.08. The monoisotopic (exact) mass is 379 g/mol. The Balaban J connectivity index is 1.77. The molecule has 0 saturated heterocycles. The number of aromatic nitrogens is 1. The molecule has 1 amide bonds. The van der Waals surface area contributed by atoms with Crippen LogP contribution in [0.4, 0.5) is 5.69 Å². The van der Waals surface area contributed by atoms with Crippen LogP contribution in [0, 0.1) is 6.92 Å². The molecule has 1 heterocycles. The van der Waals surface area contributed by atoms with E-state index in [2.05, 4.69) is 10.3 Å². The molecule has 1 fully saturated rings. The molecule has 1 N–H and O–H groups in total. The van der Waals surface area contributed by atoms with Gasteiger partial charge in [-0.15, -0.1) is 0 Å². The molecular formula is C17H18ClN3O3S. The fraction of sp³-hybridized carbons (Fsp3) is 0.294. The van der Waals surface area contributed by atoms with Crippen LogP contribution in [0.3, 0.4) is 0 Å². The zero-order valence-corrected chi connectivity index (χ0v) is 15.2. The van der Waals surface area contributed by atoms with Crippen molar-refractivity contribution < 1.29 is 13.2 Å². The summed E-state index contributed by atoms with van der Waals surface area (Å²) in [4.78, 5) is 16.3. The van der Waals surface area contributed by atoms with E-state index in [0.717, 1.165) is 18.4 Å². The average Bonchev–Trinajstić information content (AvgIpc) is 3.41. The van der Waals surface area contributed by atoms with Crippen molar-refractivity contribution in [2.45, 2.75) is 30.7 Å². The number of halogens is 1. The summed E-state index contributed by atoms with van der Waals surface area (Å²) >= 11 is 6.12. The van der Waals surface area contributed by atoms with Crippen molar-refractivity contribution in [3.05, 3.63) is 53.3 Å². The van der Waals surface area contributed by atoms with E-state index in [1.54, 1.807) is 18.2 Å². The average molecular weight is 380 g/mol. The molecule has 1 aliphatic rings. The van der Waals surface area contributed by atoms with Gasteiger partial charge in [-0.25, -0.2) is 8.42 Å². The number of aryl methyl sites for hydroxylation is 1. The summed E-state index contributed by atoms with van der Waals surface area (Å²) in [6.45, 7) is 1.64. The number of amides is 1. The van der Waals surface area contributed by atoms with E-state index in [4.69, 9.17) is 11.6 Å². The van der Waals surface area contributed by atoms with Gasteiger partial charge >= 0.3 is 0 Å². The molecule has 25 heavy (non-hydrogen) atoms. The second kappa shape index (κ2) is 7.11. The quantitative estimate of drug-likeness (QED) is 0.836. The van der Waals surface area contributed by atoms with Crippen LogP contribution in [0.25, 0.3) is 0 Å². The van der Waals surface area contributed by atoms with Crippen molar-refractivity contribution in [1.29, 1.82) is 0 Å². The number of sulfonamides is 1. The molecule has 0 aliphatic heterocycles. The molecular weight excluding hydrogens is 362 g/mol. The summed E-state index contributed by atoms with van der Waals surface area (Å²) in [5.41, 5.74) is 1.44. The molecule has 0 radical (unpaired) electrons. The van der Waals surface area contributed by atoms with Crippen molar-refractivity contribution >= 4 is 33.2 Å². The van der Waals surface area contributed by atoms with E-state index >= 15 is 0 Å². The fourth-order valence-electron chi connectivity index (χ4n) is 2.46. The number of hydrogen-bond acceptors (Lipinski definition) is 4.